The number of anilines is 3. The third-order valence-electron chi connectivity index (χ3n) is 6.79. The number of furan rings is 1. The molecule has 3 amide bonds. The van der Waals surface area contributed by atoms with Gasteiger partial charge in [-0.15, -0.1) is 23.2 Å². The first-order chi connectivity index (χ1) is 21.1. The van der Waals surface area contributed by atoms with Gasteiger partial charge >= 0.3 is 6.18 Å². The van der Waals surface area contributed by atoms with Crippen molar-refractivity contribution in [3.63, 3.8) is 0 Å². The molecule has 1 aromatic heterocycles. The minimum absolute atomic E-state index is 0.0228. The van der Waals surface area contributed by atoms with Crippen LogP contribution in [0, 0.1) is 23.4 Å². The fraction of sp³-hybridized carbons (Fsp3) is 0.138. The third-order valence-corrected chi connectivity index (χ3v) is 8.06. The molecule has 0 saturated heterocycles. The molecular weight excluding hydrogens is 675 g/mol. The van der Waals surface area contributed by atoms with Crippen LogP contribution in [-0.4, -0.2) is 22.1 Å². The van der Waals surface area contributed by atoms with Crippen molar-refractivity contribution in [2.45, 2.75) is 16.4 Å². The molecule has 5 rings (SSSR count). The van der Waals surface area contributed by atoms with Gasteiger partial charge in [0.25, 0.3) is 11.8 Å². The number of halogens is 9. The maximum atomic E-state index is 15.1. The smallest absolute Gasteiger partial charge is 0.419 e. The molecule has 234 valence electrons. The van der Waals surface area contributed by atoms with Crippen LogP contribution in [0.2, 0.25) is 5.02 Å². The number of benzene rings is 3. The topological polar surface area (TPSA) is 100 Å². The van der Waals surface area contributed by atoms with Crippen molar-refractivity contribution < 1.29 is 45.1 Å². The lowest BCUT2D eigenvalue weighted by Crippen LogP contribution is -2.19. The van der Waals surface area contributed by atoms with E-state index in [1.54, 1.807) is 0 Å². The molecule has 1 heterocycles. The lowest BCUT2D eigenvalue weighted by molar-refractivity contribution is -0.140. The summed E-state index contributed by atoms with van der Waals surface area (Å²) in [6.45, 7) is 0. The minimum Gasteiger partial charge on any atom is -0.459 e. The maximum absolute atomic E-state index is 15.1. The fourth-order valence-corrected chi connectivity index (χ4v) is 5.59. The van der Waals surface area contributed by atoms with E-state index in [9.17, 15) is 36.3 Å². The first kappa shape index (κ1) is 32.2. The highest BCUT2D eigenvalue weighted by Crippen LogP contribution is 2.65. The van der Waals surface area contributed by atoms with Crippen molar-refractivity contribution in [3.8, 4) is 0 Å². The van der Waals surface area contributed by atoms with Gasteiger partial charge in [0.2, 0.25) is 5.91 Å². The van der Waals surface area contributed by atoms with Gasteiger partial charge in [0.05, 0.1) is 34.0 Å². The average molecular weight is 691 g/mol. The number of amides is 3. The average Bonchev–Trinajstić information content (AvgIpc) is 3.27. The number of rotatable bonds is 7. The summed E-state index contributed by atoms with van der Waals surface area (Å²) < 4.78 is 85.9. The molecule has 2 atom stereocenters. The van der Waals surface area contributed by atoms with Gasteiger partial charge in [-0.25, -0.2) is 13.2 Å². The van der Waals surface area contributed by atoms with Gasteiger partial charge in [-0.05, 0) is 60.2 Å². The Kier molecular flexibility index (Phi) is 8.55. The van der Waals surface area contributed by atoms with E-state index < -0.39 is 74.5 Å². The van der Waals surface area contributed by atoms with Crippen LogP contribution in [0.15, 0.2) is 71.3 Å². The van der Waals surface area contributed by atoms with E-state index >= 15 is 4.39 Å². The van der Waals surface area contributed by atoms with Gasteiger partial charge in [0.1, 0.15) is 21.7 Å². The maximum Gasteiger partial charge on any atom is 0.419 e. The molecule has 45 heavy (non-hydrogen) atoms. The fourth-order valence-electron chi connectivity index (χ4n) is 4.55. The normalized spacial score (nSPS) is 17.0. The molecule has 16 heteroatoms. The van der Waals surface area contributed by atoms with Crippen LogP contribution in [0.3, 0.4) is 0 Å². The standard InChI is InChI=1S/C29H16Cl3F6N3O4/c30-16-5-4-13(39-27(44)22-21(28(22,31)32)12-3-6-17(33)15(10-12)29(36,37)38)11-14(16)25(42)40-19-8-7-18(34)24(23(19)35)41-26(43)20-2-1-9-45-20/h1-11,21-22H,(H,39,44)(H,40,42)(H,41,43)/t21-,22+/m0/s1. The largest absolute Gasteiger partial charge is 0.459 e. The van der Waals surface area contributed by atoms with Crippen molar-refractivity contribution in [2.75, 3.05) is 16.0 Å². The Morgan fingerprint density at radius 2 is 1.56 bits per heavy atom. The van der Waals surface area contributed by atoms with Crippen LogP contribution in [0.5, 0.6) is 0 Å². The van der Waals surface area contributed by atoms with Crippen LogP contribution in [-0.2, 0) is 11.0 Å². The van der Waals surface area contributed by atoms with E-state index in [-0.39, 0.29) is 27.6 Å². The molecule has 0 spiro atoms. The Hall–Kier alpha value is -4.20. The molecule has 4 aromatic rings. The van der Waals surface area contributed by atoms with E-state index in [1.165, 1.54) is 30.5 Å². The van der Waals surface area contributed by atoms with E-state index in [0.29, 0.717) is 12.1 Å². The lowest BCUT2D eigenvalue weighted by Gasteiger charge is -2.13. The monoisotopic (exact) mass is 689 g/mol. The summed E-state index contributed by atoms with van der Waals surface area (Å²) in [6, 6.07) is 10.1. The van der Waals surface area contributed by atoms with E-state index in [4.69, 9.17) is 39.2 Å². The third kappa shape index (κ3) is 6.46. The summed E-state index contributed by atoms with van der Waals surface area (Å²) >= 11 is 18.6. The van der Waals surface area contributed by atoms with Crippen molar-refractivity contribution in [2.24, 2.45) is 5.92 Å². The molecule has 0 aliphatic heterocycles. The number of hydrogen-bond donors (Lipinski definition) is 3. The number of nitrogens with one attached hydrogen (secondary N) is 3. The highest BCUT2D eigenvalue weighted by Gasteiger charge is 2.67. The molecule has 0 radical (unpaired) electrons. The number of carbonyl (C=O) groups is 3. The zero-order valence-corrected chi connectivity index (χ0v) is 24.3. The second-order valence-electron chi connectivity index (χ2n) is 9.72. The molecule has 3 aromatic carbocycles. The molecule has 0 unspecified atom stereocenters. The molecule has 1 aliphatic carbocycles. The number of hydrogen-bond acceptors (Lipinski definition) is 4. The first-order valence-corrected chi connectivity index (χ1v) is 13.7. The molecule has 1 aliphatic rings. The van der Waals surface area contributed by atoms with Crippen LogP contribution in [0.1, 0.15) is 38.0 Å². The van der Waals surface area contributed by atoms with Crippen LogP contribution < -0.4 is 16.0 Å². The highest BCUT2D eigenvalue weighted by atomic mass is 35.5. The van der Waals surface area contributed by atoms with Crippen LogP contribution >= 0.6 is 34.8 Å². The molecule has 1 fully saturated rings. The predicted molar refractivity (Wildman–Crippen MR) is 153 cm³/mol. The first-order valence-electron chi connectivity index (χ1n) is 12.6. The summed E-state index contributed by atoms with van der Waals surface area (Å²) in [4.78, 5) is 38.3. The van der Waals surface area contributed by atoms with Crippen LogP contribution in [0.25, 0.3) is 0 Å². The summed E-state index contributed by atoms with van der Waals surface area (Å²) in [5.41, 5.74) is -3.36. The molecule has 3 N–H and O–H groups in total. The predicted octanol–water partition coefficient (Wildman–Crippen LogP) is 8.40. The SMILES string of the molecule is O=C(Nc1c(F)ccc(NC(=O)c2cc(NC(=O)[C@H]3[C@H](c4ccc(F)c(C(F)(F)F)c4)C3(Cl)Cl)ccc2Cl)c1F)c1ccco1. The second kappa shape index (κ2) is 12.0. The Morgan fingerprint density at radius 3 is 2.22 bits per heavy atom. The van der Waals surface area contributed by atoms with Crippen LogP contribution in [0.4, 0.5) is 43.4 Å². The zero-order valence-electron chi connectivity index (χ0n) is 22.0. The van der Waals surface area contributed by atoms with Gasteiger partial charge in [-0.2, -0.15) is 13.2 Å². The Labute approximate surface area is 264 Å². The molecular formula is C29H16Cl3F6N3O4. The van der Waals surface area contributed by atoms with Gasteiger partial charge in [0.15, 0.2) is 11.6 Å². The van der Waals surface area contributed by atoms with Gasteiger partial charge in [-0.3, -0.25) is 14.4 Å². The molecule has 1 saturated carbocycles. The lowest BCUT2D eigenvalue weighted by atomic mass is 10.0. The zero-order chi connectivity index (χ0) is 32.8. The number of alkyl halides is 5. The summed E-state index contributed by atoms with van der Waals surface area (Å²) in [5.74, 6) is -9.37. The van der Waals surface area contributed by atoms with Crippen molar-refractivity contribution in [3.05, 3.63) is 112 Å². The van der Waals surface area contributed by atoms with Gasteiger partial charge in [0, 0.05) is 11.6 Å². The van der Waals surface area contributed by atoms with E-state index in [0.717, 1.165) is 24.3 Å². The summed E-state index contributed by atoms with van der Waals surface area (Å²) in [6.07, 6.45) is -3.82. The Morgan fingerprint density at radius 1 is 0.844 bits per heavy atom. The quantitative estimate of drug-likeness (QED) is 0.134. The van der Waals surface area contributed by atoms with Crippen molar-refractivity contribution in [1.82, 2.24) is 0 Å². The molecule has 7 nitrogen and oxygen atoms in total. The second-order valence-corrected chi connectivity index (χ2v) is 11.6. The summed E-state index contributed by atoms with van der Waals surface area (Å²) in [7, 11) is 0. The minimum atomic E-state index is -5.00. The highest BCUT2D eigenvalue weighted by molar-refractivity contribution is 6.53. The van der Waals surface area contributed by atoms with Crippen molar-refractivity contribution in [1.29, 1.82) is 0 Å². The molecule has 0 bridgehead atoms. The van der Waals surface area contributed by atoms with Gasteiger partial charge < -0.3 is 20.4 Å². The van der Waals surface area contributed by atoms with E-state index in [2.05, 4.69) is 10.6 Å². The summed E-state index contributed by atoms with van der Waals surface area (Å²) in [5, 5.41) is 6.53. The van der Waals surface area contributed by atoms with Crippen molar-refractivity contribution >= 4 is 69.6 Å². The Balaban J connectivity index is 1.32. The number of carbonyl (C=O) groups excluding carboxylic acids is 3. The van der Waals surface area contributed by atoms with Gasteiger partial charge in [-0.1, -0.05) is 17.7 Å². The Bertz CT molecular complexity index is 1830. The van der Waals surface area contributed by atoms with E-state index in [1.807, 2.05) is 5.32 Å².